The minimum absolute atomic E-state index is 0.151. The topological polar surface area (TPSA) is 50.2 Å². The number of aromatic nitrogens is 2. The van der Waals surface area contributed by atoms with Gasteiger partial charge in [0.25, 0.3) is 5.91 Å². The Labute approximate surface area is 114 Å². The van der Waals surface area contributed by atoms with E-state index in [9.17, 15) is 4.79 Å². The molecule has 0 bridgehead atoms. The fourth-order valence-corrected chi connectivity index (χ4v) is 3.30. The third kappa shape index (κ3) is 2.27. The van der Waals surface area contributed by atoms with Crippen LogP contribution in [0.5, 0.6) is 0 Å². The smallest absolute Gasteiger partial charge is 0.257 e. The molecule has 0 aliphatic carbocycles. The Hall–Kier alpha value is -1.36. The normalized spacial score (nSPS) is 27.2. The van der Waals surface area contributed by atoms with Gasteiger partial charge in [0.1, 0.15) is 0 Å². The van der Waals surface area contributed by atoms with E-state index in [0.29, 0.717) is 0 Å². The summed E-state index contributed by atoms with van der Waals surface area (Å²) >= 11 is 0. The van der Waals surface area contributed by atoms with Crippen molar-refractivity contribution >= 4 is 5.91 Å². The monoisotopic (exact) mass is 262 g/mol. The van der Waals surface area contributed by atoms with Crippen molar-refractivity contribution in [2.75, 3.05) is 26.2 Å². The third-order valence-corrected chi connectivity index (χ3v) is 4.77. The van der Waals surface area contributed by atoms with E-state index >= 15 is 0 Å². The molecule has 0 unspecified atom stereocenters. The zero-order valence-electron chi connectivity index (χ0n) is 11.7. The molecule has 104 valence electrons. The number of nitrogens with one attached hydrogen (secondary N) is 1. The zero-order valence-corrected chi connectivity index (χ0v) is 11.7. The number of hydrogen-bond donors (Lipinski definition) is 1. The molecule has 19 heavy (non-hydrogen) atoms. The molecule has 1 aromatic rings. The quantitative estimate of drug-likeness (QED) is 0.814. The molecule has 3 heterocycles. The number of amides is 1. The van der Waals surface area contributed by atoms with Crippen molar-refractivity contribution in [3.05, 3.63) is 17.5 Å². The summed E-state index contributed by atoms with van der Waals surface area (Å²) in [6, 6.07) is 0. The average Bonchev–Trinajstić information content (AvgIpc) is 2.92. The summed E-state index contributed by atoms with van der Waals surface area (Å²) in [5.41, 5.74) is 1.71. The summed E-state index contributed by atoms with van der Waals surface area (Å²) < 4.78 is 1.77. The fourth-order valence-electron chi connectivity index (χ4n) is 3.30. The first kappa shape index (κ1) is 12.7. The van der Waals surface area contributed by atoms with E-state index in [0.717, 1.165) is 62.1 Å². The molecule has 0 saturated carbocycles. The van der Waals surface area contributed by atoms with Crippen molar-refractivity contribution < 1.29 is 4.79 Å². The lowest BCUT2D eigenvalue weighted by molar-refractivity contribution is 0.0757. The SMILES string of the molecule is Cc1c(C(=O)N2CC[C@@H]3CNC[C@@H]3CC2)cnn1C. The summed E-state index contributed by atoms with van der Waals surface area (Å²) in [4.78, 5) is 14.6. The van der Waals surface area contributed by atoms with Crippen LogP contribution in [-0.2, 0) is 7.05 Å². The molecule has 2 aliphatic heterocycles. The number of hydrogen-bond acceptors (Lipinski definition) is 3. The van der Waals surface area contributed by atoms with Gasteiger partial charge in [-0.1, -0.05) is 0 Å². The molecule has 0 spiro atoms. The highest BCUT2D eigenvalue weighted by atomic mass is 16.2. The Morgan fingerprint density at radius 1 is 1.32 bits per heavy atom. The van der Waals surface area contributed by atoms with Gasteiger partial charge in [0, 0.05) is 25.8 Å². The largest absolute Gasteiger partial charge is 0.339 e. The molecule has 3 rings (SSSR count). The van der Waals surface area contributed by atoms with E-state index in [4.69, 9.17) is 0 Å². The van der Waals surface area contributed by atoms with Crippen LogP contribution in [0.1, 0.15) is 28.9 Å². The van der Waals surface area contributed by atoms with E-state index in [1.807, 2.05) is 18.9 Å². The molecule has 1 N–H and O–H groups in total. The Kier molecular flexibility index (Phi) is 3.31. The Morgan fingerprint density at radius 2 is 1.95 bits per heavy atom. The summed E-state index contributed by atoms with van der Waals surface area (Å²) in [5.74, 6) is 1.67. The molecule has 0 radical (unpaired) electrons. The maximum atomic E-state index is 12.6. The number of fused-ring (bicyclic) bond motifs is 1. The molecule has 2 atom stereocenters. The van der Waals surface area contributed by atoms with E-state index in [1.165, 1.54) is 0 Å². The van der Waals surface area contributed by atoms with Crippen molar-refractivity contribution in [1.29, 1.82) is 0 Å². The number of carbonyl (C=O) groups is 1. The van der Waals surface area contributed by atoms with Gasteiger partial charge in [-0.05, 0) is 44.7 Å². The molecular weight excluding hydrogens is 240 g/mol. The Bertz CT molecular complexity index is 468. The molecule has 2 aliphatic rings. The van der Waals surface area contributed by atoms with Crippen LogP contribution in [0.3, 0.4) is 0 Å². The second-order valence-electron chi connectivity index (χ2n) is 5.82. The first-order valence-electron chi connectivity index (χ1n) is 7.15. The first-order valence-corrected chi connectivity index (χ1v) is 7.15. The highest BCUT2D eigenvalue weighted by Crippen LogP contribution is 2.27. The molecule has 5 heteroatoms. The molecule has 2 fully saturated rings. The summed E-state index contributed by atoms with van der Waals surface area (Å²) in [5, 5.41) is 7.64. The van der Waals surface area contributed by atoms with Crippen LogP contribution >= 0.6 is 0 Å². The number of likely N-dealkylation sites (tertiary alicyclic amines) is 1. The number of nitrogens with zero attached hydrogens (tertiary/aromatic N) is 3. The minimum atomic E-state index is 0.151. The van der Waals surface area contributed by atoms with Crippen LogP contribution in [-0.4, -0.2) is 46.8 Å². The van der Waals surface area contributed by atoms with Gasteiger partial charge in [0.15, 0.2) is 0 Å². The number of rotatable bonds is 1. The van der Waals surface area contributed by atoms with Gasteiger partial charge in [-0.15, -0.1) is 0 Å². The van der Waals surface area contributed by atoms with Gasteiger partial charge in [0.2, 0.25) is 0 Å². The highest BCUT2D eigenvalue weighted by Gasteiger charge is 2.32. The van der Waals surface area contributed by atoms with Crippen LogP contribution < -0.4 is 5.32 Å². The van der Waals surface area contributed by atoms with Crippen molar-refractivity contribution in [1.82, 2.24) is 20.0 Å². The van der Waals surface area contributed by atoms with Gasteiger partial charge in [-0.3, -0.25) is 9.48 Å². The van der Waals surface area contributed by atoms with Crippen molar-refractivity contribution in [2.24, 2.45) is 18.9 Å². The predicted octanol–water partition coefficient (Wildman–Crippen LogP) is 0.800. The molecule has 1 aromatic heterocycles. The number of carbonyl (C=O) groups excluding carboxylic acids is 1. The summed E-state index contributed by atoms with van der Waals surface area (Å²) in [7, 11) is 1.88. The first-order chi connectivity index (χ1) is 9.16. The van der Waals surface area contributed by atoms with Gasteiger partial charge >= 0.3 is 0 Å². The van der Waals surface area contributed by atoms with E-state index < -0.39 is 0 Å². The standard InChI is InChI=1S/C14H22N4O/c1-10-13(9-16-17(10)2)14(19)18-5-3-11-7-15-8-12(11)4-6-18/h9,11-12,15H,3-8H2,1-2H3/t11-,12+. The predicted molar refractivity (Wildman–Crippen MR) is 72.9 cm³/mol. The lowest BCUT2D eigenvalue weighted by Gasteiger charge is -2.20. The summed E-state index contributed by atoms with van der Waals surface area (Å²) in [6.07, 6.45) is 3.95. The maximum Gasteiger partial charge on any atom is 0.257 e. The average molecular weight is 262 g/mol. The van der Waals surface area contributed by atoms with Gasteiger partial charge in [-0.2, -0.15) is 5.10 Å². The maximum absolute atomic E-state index is 12.6. The van der Waals surface area contributed by atoms with Gasteiger partial charge in [-0.25, -0.2) is 0 Å². The fraction of sp³-hybridized carbons (Fsp3) is 0.714. The van der Waals surface area contributed by atoms with Crippen LogP contribution in [0.2, 0.25) is 0 Å². The second-order valence-corrected chi connectivity index (χ2v) is 5.82. The van der Waals surface area contributed by atoms with E-state index in [2.05, 4.69) is 10.4 Å². The van der Waals surface area contributed by atoms with E-state index in [1.54, 1.807) is 10.9 Å². The second kappa shape index (κ2) is 4.96. The minimum Gasteiger partial charge on any atom is -0.339 e. The van der Waals surface area contributed by atoms with Crippen LogP contribution in [0.25, 0.3) is 0 Å². The van der Waals surface area contributed by atoms with Gasteiger partial charge < -0.3 is 10.2 Å². The Morgan fingerprint density at radius 3 is 2.47 bits per heavy atom. The lowest BCUT2D eigenvalue weighted by atomic mass is 9.92. The van der Waals surface area contributed by atoms with Crippen molar-refractivity contribution in [3.63, 3.8) is 0 Å². The molecule has 0 aromatic carbocycles. The molecule has 5 nitrogen and oxygen atoms in total. The van der Waals surface area contributed by atoms with Crippen LogP contribution in [0.15, 0.2) is 6.20 Å². The third-order valence-electron chi connectivity index (χ3n) is 4.77. The highest BCUT2D eigenvalue weighted by molar-refractivity contribution is 5.95. The number of aryl methyl sites for hydroxylation is 1. The van der Waals surface area contributed by atoms with Crippen LogP contribution in [0.4, 0.5) is 0 Å². The Balaban J connectivity index is 1.72. The van der Waals surface area contributed by atoms with Gasteiger partial charge in [0.05, 0.1) is 11.8 Å². The molecule has 2 saturated heterocycles. The van der Waals surface area contributed by atoms with Crippen molar-refractivity contribution in [2.45, 2.75) is 19.8 Å². The van der Waals surface area contributed by atoms with Crippen LogP contribution in [0, 0.1) is 18.8 Å². The zero-order chi connectivity index (χ0) is 13.4. The lowest BCUT2D eigenvalue weighted by Crippen LogP contribution is -2.33. The molecule has 1 amide bonds. The summed E-state index contributed by atoms with van der Waals surface area (Å²) in [6.45, 7) is 5.97. The van der Waals surface area contributed by atoms with E-state index in [-0.39, 0.29) is 5.91 Å². The molecular formula is C14H22N4O. The van der Waals surface area contributed by atoms with Crippen molar-refractivity contribution in [3.8, 4) is 0 Å².